The molecule has 0 saturated carbocycles. The van der Waals surface area contributed by atoms with Crippen LogP contribution in [0.15, 0.2) is 17.3 Å². The van der Waals surface area contributed by atoms with E-state index in [0.29, 0.717) is 5.92 Å². The molecule has 0 radical (unpaired) electrons. The molecule has 0 unspecified atom stereocenters. The highest BCUT2D eigenvalue weighted by molar-refractivity contribution is 5.62. The quantitative estimate of drug-likeness (QED) is 0.649. The third-order valence-electron chi connectivity index (χ3n) is 1.74. The summed E-state index contributed by atoms with van der Waals surface area (Å²) in [6.07, 6.45) is 1.71. The molecule has 0 spiro atoms. The predicted octanol–water partition coefficient (Wildman–Crippen LogP) is 2.65. The first-order chi connectivity index (χ1) is 5.13. The molecule has 1 rings (SSSR count). The number of nitrogens with zero attached hydrogens (tertiary/aromatic N) is 1. The third kappa shape index (κ3) is 1.50. The Kier molecular flexibility index (Phi) is 2.13. The molecule has 0 amide bonds. The largest absolute Gasteiger partial charge is 0.356 e. The first-order valence-electron chi connectivity index (χ1n) is 3.73. The fourth-order valence-corrected chi connectivity index (χ4v) is 0.863. The molecule has 11 heavy (non-hydrogen) atoms. The number of aryl methyl sites for hydroxylation is 1. The number of rotatable bonds is 2. The van der Waals surface area contributed by atoms with Crippen LogP contribution in [0.3, 0.4) is 0 Å². The van der Waals surface area contributed by atoms with E-state index in [1.165, 1.54) is 0 Å². The van der Waals surface area contributed by atoms with Crippen LogP contribution in [0.25, 0.3) is 5.57 Å². The van der Waals surface area contributed by atoms with Gasteiger partial charge in [-0.05, 0) is 18.4 Å². The van der Waals surface area contributed by atoms with E-state index in [2.05, 4.69) is 25.6 Å². The standard InChI is InChI=1S/C9H13NO/c1-6(2)8(4)9-7(3)5-10-11-9/h5-6H,4H2,1-3H3. The summed E-state index contributed by atoms with van der Waals surface area (Å²) in [5.41, 5.74) is 2.07. The molecule has 60 valence electrons. The molecule has 0 atom stereocenters. The lowest BCUT2D eigenvalue weighted by Crippen LogP contribution is -1.91. The van der Waals surface area contributed by atoms with Crippen molar-refractivity contribution in [3.8, 4) is 0 Å². The monoisotopic (exact) mass is 151 g/mol. The van der Waals surface area contributed by atoms with E-state index >= 15 is 0 Å². The highest BCUT2D eigenvalue weighted by Crippen LogP contribution is 2.23. The van der Waals surface area contributed by atoms with Gasteiger partial charge in [0.25, 0.3) is 0 Å². The van der Waals surface area contributed by atoms with Crippen molar-refractivity contribution in [3.63, 3.8) is 0 Å². The van der Waals surface area contributed by atoms with Gasteiger partial charge in [0, 0.05) is 5.56 Å². The topological polar surface area (TPSA) is 26.0 Å². The fourth-order valence-electron chi connectivity index (χ4n) is 0.863. The first kappa shape index (κ1) is 8.05. The minimum absolute atomic E-state index is 0.418. The van der Waals surface area contributed by atoms with Crippen molar-refractivity contribution in [3.05, 3.63) is 24.1 Å². The van der Waals surface area contributed by atoms with E-state index in [1.807, 2.05) is 6.92 Å². The second-order valence-electron chi connectivity index (χ2n) is 3.02. The molecule has 1 aromatic heterocycles. The number of allylic oxidation sites excluding steroid dienone is 1. The summed E-state index contributed by atoms with van der Waals surface area (Å²) in [6.45, 7) is 10.1. The average molecular weight is 151 g/mol. The fraction of sp³-hybridized carbons (Fsp3) is 0.444. The SMILES string of the molecule is C=C(c1oncc1C)C(C)C. The van der Waals surface area contributed by atoms with E-state index in [0.717, 1.165) is 16.9 Å². The van der Waals surface area contributed by atoms with Crippen LogP contribution < -0.4 is 0 Å². The number of hydrogen-bond donors (Lipinski definition) is 0. The molecule has 0 aliphatic rings. The maximum Gasteiger partial charge on any atom is 0.165 e. The van der Waals surface area contributed by atoms with Gasteiger partial charge in [0.15, 0.2) is 5.76 Å². The van der Waals surface area contributed by atoms with Gasteiger partial charge in [0.1, 0.15) is 0 Å². The van der Waals surface area contributed by atoms with Crippen molar-refractivity contribution in [2.75, 3.05) is 0 Å². The van der Waals surface area contributed by atoms with Gasteiger partial charge in [0.2, 0.25) is 0 Å². The minimum atomic E-state index is 0.418. The Morgan fingerprint density at radius 3 is 2.64 bits per heavy atom. The van der Waals surface area contributed by atoms with Gasteiger partial charge in [-0.1, -0.05) is 25.6 Å². The zero-order valence-electron chi connectivity index (χ0n) is 7.22. The number of aromatic nitrogens is 1. The molecule has 1 heterocycles. The molecule has 1 aromatic rings. The van der Waals surface area contributed by atoms with Gasteiger partial charge < -0.3 is 4.52 Å². The Hall–Kier alpha value is -1.05. The van der Waals surface area contributed by atoms with E-state index in [4.69, 9.17) is 4.52 Å². The second kappa shape index (κ2) is 2.91. The van der Waals surface area contributed by atoms with Crippen molar-refractivity contribution in [2.45, 2.75) is 20.8 Å². The van der Waals surface area contributed by atoms with Gasteiger partial charge in [-0.25, -0.2) is 0 Å². The van der Waals surface area contributed by atoms with Crippen molar-refractivity contribution in [2.24, 2.45) is 5.92 Å². The summed E-state index contributed by atoms with van der Waals surface area (Å²) in [5.74, 6) is 1.25. The smallest absolute Gasteiger partial charge is 0.165 e. The molecule has 2 nitrogen and oxygen atoms in total. The molecule has 0 fully saturated rings. The lowest BCUT2D eigenvalue weighted by molar-refractivity contribution is 0.406. The van der Waals surface area contributed by atoms with Crippen LogP contribution in [-0.4, -0.2) is 5.16 Å². The Morgan fingerprint density at radius 2 is 2.27 bits per heavy atom. The average Bonchev–Trinajstić information content (AvgIpc) is 2.33. The second-order valence-corrected chi connectivity index (χ2v) is 3.02. The maximum atomic E-state index is 5.04. The lowest BCUT2D eigenvalue weighted by atomic mass is 10.0. The van der Waals surface area contributed by atoms with E-state index in [-0.39, 0.29) is 0 Å². The molecular weight excluding hydrogens is 138 g/mol. The lowest BCUT2D eigenvalue weighted by Gasteiger charge is -2.04. The summed E-state index contributed by atoms with van der Waals surface area (Å²) in [4.78, 5) is 0. The highest BCUT2D eigenvalue weighted by atomic mass is 16.5. The van der Waals surface area contributed by atoms with Crippen LogP contribution in [0, 0.1) is 12.8 Å². The first-order valence-corrected chi connectivity index (χ1v) is 3.73. The van der Waals surface area contributed by atoms with Crippen LogP contribution in [0.5, 0.6) is 0 Å². The molecule has 0 bridgehead atoms. The molecule has 0 aromatic carbocycles. The highest BCUT2D eigenvalue weighted by Gasteiger charge is 2.10. The van der Waals surface area contributed by atoms with Crippen LogP contribution in [0.2, 0.25) is 0 Å². The Morgan fingerprint density at radius 1 is 1.64 bits per heavy atom. The number of hydrogen-bond acceptors (Lipinski definition) is 2. The van der Waals surface area contributed by atoms with Crippen LogP contribution in [0.4, 0.5) is 0 Å². The summed E-state index contributed by atoms with van der Waals surface area (Å²) in [7, 11) is 0. The Bertz CT molecular complexity index is 260. The van der Waals surface area contributed by atoms with E-state index in [9.17, 15) is 0 Å². The zero-order chi connectivity index (χ0) is 8.43. The van der Waals surface area contributed by atoms with Crippen LogP contribution in [-0.2, 0) is 0 Å². The van der Waals surface area contributed by atoms with Gasteiger partial charge >= 0.3 is 0 Å². The summed E-state index contributed by atoms with van der Waals surface area (Å²) >= 11 is 0. The molecule has 2 heteroatoms. The van der Waals surface area contributed by atoms with E-state index in [1.54, 1.807) is 6.20 Å². The molecule has 0 N–H and O–H groups in total. The van der Waals surface area contributed by atoms with Gasteiger partial charge in [0.05, 0.1) is 6.20 Å². The summed E-state index contributed by atoms with van der Waals surface area (Å²) < 4.78 is 5.04. The van der Waals surface area contributed by atoms with Crippen molar-refractivity contribution in [1.29, 1.82) is 0 Å². The maximum absolute atomic E-state index is 5.04. The summed E-state index contributed by atoms with van der Waals surface area (Å²) in [5, 5.41) is 3.69. The predicted molar refractivity (Wildman–Crippen MR) is 45.1 cm³/mol. The zero-order valence-corrected chi connectivity index (χ0v) is 7.22. The summed E-state index contributed by atoms with van der Waals surface area (Å²) in [6, 6.07) is 0. The van der Waals surface area contributed by atoms with Crippen molar-refractivity contribution < 1.29 is 4.52 Å². The van der Waals surface area contributed by atoms with Crippen LogP contribution in [0.1, 0.15) is 25.2 Å². The van der Waals surface area contributed by atoms with Gasteiger partial charge in [-0.15, -0.1) is 0 Å². The molecule has 0 aliphatic carbocycles. The van der Waals surface area contributed by atoms with Gasteiger partial charge in [-0.2, -0.15) is 0 Å². The normalized spacial score (nSPS) is 10.5. The van der Waals surface area contributed by atoms with Gasteiger partial charge in [-0.3, -0.25) is 0 Å². The van der Waals surface area contributed by atoms with Crippen molar-refractivity contribution >= 4 is 5.57 Å². The molecular formula is C9H13NO. The Balaban J connectivity index is 2.93. The Labute approximate surface area is 66.9 Å². The van der Waals surface area contributed by atoms with Crippen molar-refractivity contribution in [1.82, 2.24) is 5.16 Å². The minimum Gasteiger partial charge on any atom is -0.356 e. The van der Waals surface area contributed by atoms with E-state index < -0.39 is 0 Å². The molecule has 0 saturated heterocycles. The van der Waals surface area contributed by atoms with Crippen LogP contribution >= 0.6 is 0 Å². The molecule has 0 aliphatic heterocycles. The third-order valence-corrected chi connectivity index (χ3v) is 1.74.